The highest BCUT2D eigenvalue weighted by Gasteiger charge is 2.40. The van der Waals surface area contributed by atoms with E-state index in [1.807, 2.05) is 54.9 Å². The summed E-state index contributed by atoms with van der Waals surface area (Å²) in [6.45, 7) is 23.0. The maximum absolute atomic E-state index is 13.0. The van der Waals surface area contributed by atoms with E-state index in [1.165, 1.54) is 4.90 Å². The van der Waals surface area contributed by atoms with Crippen molar-refractivity contribution in [2.24, 2.45) is 0 Å². The van der Waals surface area contributed by atoms with Crippen molar-refractivity contribution in [3.63, 3.8) is 0 Å². The Morgan fingerprint density at radius 3 is 1.64 bits per heavy atom. The Bertz CT molecular complexity index is 3080. The lowest BCUT2D eigenvalue weighted by Gasteiger charge is -2.40. The van der Waals surface area contributed by atoms with E-state index < -0.39 is 35.4 Å². The first kappa shape index (κ1) is 60.6. The number of anilines is 8. The van der Waals surface area contributed by atoms with Gasteiger partial charge in [-0.2, -0.15) is 39.2 Å². The van der Waals surface area contributed by atoms with Crippen LogP contribution in [0, 0.1) is 0 Å². The molecule has 3 aliphatic rings. The van der Waals surface area contributed by atoms with Crippen molar-refractivity contribution in [3.05, 3.63) is 72.1 Å². The summed E-state index contributed by atoms with van der Waals surface area (Å²) in [5, 5.41) is 36.4. The molecular weight excluding hydrogens is 1040 g/mol. The summed E-state index contributed by atoms with van der Waals surface area (Å²) in [4.78, 5) is 67.0. The molecule has 6 aromatic rings. The number of nitrogens with two attached hydrogens (primary N) is 1. The molecule has 3 aliphatic heterocycles. The van der Waals surface area contributed by atoms with Crippen LogP contribution in [-0.4, -0.2) is 142 Å². The molecule has 1 unspecified atom stereocenters. The van der Waals surface area contributed by atoms with Gasteiger partial charge in [0.15, 0.2) is 11.3 Å². The minimum atomic E-state index is -0.865. The van der Waals surface area contributed by atoms with Gasteiger partial charge in [0.2, 0.25) is 29.7 Å². The van der Waals surface area contributed by atoms with Crippen LogP contribution in [0.25, 0.3) is 11.3 Å². The van der Waals surface area contributed by atoms with E-state index in [4.69, 9.17) is 44.7 Å². The molecule has 25 nitrogen and oxygen atoms in total. The van der Waals surface area contributed by atoms with E-state index >= 15 is 0 Å². The number of carboxylic acids is 1. The molecule has 9 N–H and O–H groups in total. The van der Waals surface area contributed by atoms with Gasteiger partial charge in [-0.3, -0.25) is 14.5 Å². The summed E-state index contributed by atoms with van der Waals surface area (Å²) in [7, 11) is 0. The van der Waals surface area contributed by atoms with Crippen LogP contribution in [0.15, 0.2) is 60.9 Å². The van der Waals surface area contributed by atoms with Crippen LogP contribution in [0.1, 0.15) is 137 Å². The van der Waals surface area contributed by atoms with Crippen LogP contribution >= 0.6 is 0 Å². The number of benzene rings is 2. The van der Waals surface area contributed by atoms with Crippen molar-refractivity contribution < 1.29 is 43.2 Å². The smallest absolute Gasteiger partial charge is 0.410 e. The van der Waals surface area contributed by atoms with E-state index in [9.17, 15) is 19.2 Å². The number of nitrogen functional groups attached to an aromatic ring is 1. The van der Waals surface area contributed by atoms with Crippen molar-refractivity contribution in [2.45, 2.75) is 155 Å². The third-order valence-electron chi connectivity index (χ3n) is 12.9. The Labute approximate surface area is 472 Å². The molecule has 0 saturated carbocycles. The van der Waals surface area contributed by atoms with Crippen LogP contribution < -0.4 is 37.6 Å². The second-order valence-corrected chi connectivity index (χ2v) is 22.6. The van der Waals surface area contributed by atoms with Gasteiger partial charge >= 0.3 is 18.2 Å². The standard InChI is InChI=1S/C28H38N8O4.C19H25N7O.C9H17NO4/c1-17(2)21-16-29-36-23(21)33-25(31-18-10-13-39-14-11-18)34-26(36)32-20-8-6-7-19(15-20)30-24(37)22-9-12-35(22)27(38)40-28(3,4)5;1-12(2)16-11-21-26-17(16)24-18(22-14-6-8-27-9-7-14)25-19(26)23-15-5-3-4-13(20)10-15;1-9(2,3)14-8(13)10-6-4-5-7(11)12/h6-8,15-18,22H,9-14H2,1-5H3,(H,30,37)(H2,31,32,33,34);3-5,10-12,14H,6-9,20H2,1-2H3,(H2,22,23,24,25);4-6H2,1-3H3,(H,10,13)(H,11,12). The van der Waals surface area contributed by atoms with E-state index in [0.29, 0.717) is 92.0 Å². The molecule has 81 heavy (non-hydrogen) atoms. The number of aromatic nitrogens is 8. The third-order valence-corrected chi connectivity index (χ3v) is 12.9. The number of rotatable bonds is 16. The number of carbonyl (C=O) groups excluding carboxylic acids is 3. The van der Waals surface area contributed by atoms with Crippen LogP contribution in [0.4, 0.5) is 56.1 Å². The first-order chi connectivity index (χ1) is 38.5. The molecule has 3 saturated heterocycles. The molecule has 0 bridgehead atoms. The van der Waals surface area contributed by atoms with Crippen molar-refractivity contribution >= 4 is 81.9 Å². The summed E-state index contributed by atoms with van der Waals surface area (Å²) >= 11 is 0. The summed E-state index contributed by atoms with van der Waals surface area (Å²) < 4.78 is 24.7. The van der Waals surface area contributed by atoms with Crippen LogP contribution in [0.3, 0.4) is 0 Å². The Hall–Kier alpha value is -8.06. The molecule has 0 spiro atoms. The van der Waals surface area contributed by atoms with Gasteiger partial charge < -0.3 is 61.7 Å². The summed E-state index contributed by atoms with van der Waals surface area (Å²) in [6.07, 6.45) is 7.42. The molecule has 7 heterocycles. The topological polar surface area (TPSA) is 313 Å². The number of nitrogens with zero attached hydrogens (tertiary/aromatic N) is 9. The third kappa shape index (κ3) is 18.0. The molecule has 4 aromatic heterocycles. The van der Waals surface area contributed by atoms with Crippen LogP contribution in [0.2, 0.25) is 0 Å². The molecule has 0 radical (unpaired) electrons. The molecule has 3 fully saturated rings. The van der Waals surface area contributed by atoms with Gasteiger partial charge in [0.25, 0.3) is 0 Å². The van der Waals surface area contributed by atoms with E-state index in [2.05, 4.69) is 74.8 Å². The molecule has 9 rings (SSSR count). The zero-order valence-electron chi connectivity index (χ0n) is 48.2. The average Bonchev–Trinajstić information content (AvgIpc) is 4.19. The minimum Gasteiger partial charge on any atom is -0.481 e. The van der Waals surface area contributed by atoms with Crippen LogP contribution in [-0.2, 0) is 28.5 Å². The van der Waals surface area contributed by atoms with Gasteiger partial charge in [0, 0.05) is 91.9 Å². The fraction of sp³-hybridized carbons (Fsp3) is 0.536. The fourth-order valence-electron chi connectivity index (χ4n) is 8.66. The lowest BCUT2D eigenvalue weighted by Crippen LogP contribution is -2.57. The second-order valence-electron chi connectivity index (χ2n) is 22.6. The van der Waals surface area contributed by atoms with E-state index in [-0.39, 0.29) is 24.3 Å². The van der Waals surface area contributed by atoms with E-state index in [0.717, 1.165) is 67.0 Å². The number of amides is 3. The Morgan fingerprint density at radius 1 is 0.691 bits per heavy atom. The summed E-state index contributed by atoms with van der Waals surface area (Å²) in [5.74, 6) is 1.67. The molecule has 1 atom stereocenters. The van der Waals surface area contributed by atoms with Gasteiger partial charge in [0.05, 0.1) is 12.4 Å². The normalized spacial score (nSPS) is 15.9. The van der Waals surface area contributed by atoms with Crippen molar-refractivity contribution in [3.8, 4) is 0 Å². The molecule has 25 heteroatoms. The predicted molar refractivity (Wildman–Crippen MR) is 310 cm³/mol. The van der Waals surface area contributed by atoms with Gasteiger partial charge in [0.1, 0.15) is 17.2 Å². The molecule has 2 aromatic carbocycles. The minimum absolute atomic E-state index is 0.0514. The highest BCUT2D eigenvalue weighted by atomic mass is 16.6. The number of fused-ring (bicyclic) bond motifs is 2. The number of hydrogen-bond acceptors (Lipinski definition) is 19. The monoisotopic (exact) mass is 1120 g/mol. The zero-order chi connectivity index (χ0) is 58.4. The van der Waals surface area contributed by atoms with Gasteiger partial charge in [-0.15, -0.1) is 0 Å². The quantitative estimate of drug-likeness (QED) is 0.0331. The van der Waals surface area contributed by atoms with Crippen molar-refractivity contribution in [2.75, 3.05) is 71.8 Å². The predicted octanol–water partition coefficient (Wildman–Crippen LogP) is 9.07. The number of hydrogen-bond donors (Lipinski definition) is 8. The SMILES string of the molecule is CC(C)(C)OC(=O)NCCCC(=O)O.CC(C)c1cnn2c(Nc3cccc(N)c3)nc(NC3CCOCC3)nc12.CC(C)c1cnn2c(Nc3cccc(NC(=O)C4CCN4C(=O)OC(C)(C)C)c3)nc(NC3CCOCC3)nc12. The second kappa shape index (κ2) is 27.4. The number of ether oxygens (including phenoxy) is 4. The Balaban J connectivity index is 0.000000198. The maximum atomic E-state index is 13.0. The highest BCUT2D eigenvalue weighted by molar-refractivity contribution is 5.98. The Kier molecular flexibility index (Phi) is 20.5. The zero-order valence-corrected chi connectivity index (χ0v) is 48.2. The van der Waals surface area contributed by atoms with Gasteiger partial charge in [-0.1, -0.05) is 39.8 Å². The number of carboxylic acid groups (broad SMARTS) is 1. The van der Waals surface area contributed by atoms with E-state index in [1.54, 1.807) is 56.6 Å². The number of aliphatic carboxylic acids is 1. The molecule has 438 valence electrons. The average molecular weight is 1120 g/mol. The summed E-state index contributed by atoms with van der Waals surface area (Å²) in [5.41, 5.74) is 11.3. The Morgan fingerprint density at radius 2 is 1.19 bits per heavy atom. The lowest BCUT2D eigenvalue weighted by molar-refractivity contribution is -0.137. The summed E-state index contributed by atoms with van der Waals surface area (Å²) in [6, 6.07) is 14.9. The van der Waals surface area contributed by atoms with Crippen molar-refractivity contribution in [1.82, 2.24) is 49.4 Å². The van der Waals surface area contributed by atoms with Crippen LogP contribution in [0.5, 0.6) is 0 Å². The maximum Gasteiger partial charge on any atom is 0.410 e. The number of carbonyl (C=O) groups is 4. The largest absolute Gasteiger partial charge is 0.481 e. The van der Waals surface area contributed by atoms with Gasteiger partial charge in [-0.05, 0) is 128 Å². The van der Waals surface area contributed by atoms with Gasteiger partial charge in [-0.25, -0.2) is 9.59 Å². The number of likely N-dealkylation sites (tertiary alicyclic amines) is 1. The number of nitrogens with one attached hydrogen (secondary N) is 6. The fourth-order valence-corrected chi connectivity index (χ4v) is 8.66. The molecule has 0 aliphatic carbocycles. The van der Waals surface area contributed by atoms with Crippen molar-refractivity contribution in [1.29, 1.82) is 0 Å². The first-order valence-electron chi connectivity index (χ1n) is 27.7. The first-order valence-corrected chi connectivity index (χ1v) is 27.7. The molecule has 3 amide bonds. The lowest BCUT2D eigenvalue weighted by atomic mass is 10.0. The molecular formula is C56H80N16O9. The number of alkyl carbamates (subject to hydrolysis) is 1. The highest BCUT2D eigenvalue weighted by Crippen LogP contribution is 2.29.